The number of anilines is 1. The molecule has 0 aliphatic rings. The quantitative estimate of drug-likeness (QED) is 0.234. The van der Waals surface area contributed by atoms with E-state index in [0.29, 0.717) is 35.0 Å². The molecule has 0 unspecified atom stereocenters. The fourth-order valence-corrected chi connectivity index (χ4v) is 4.29. The van der Waals surface area contributed by atoms with Crippen LogP contribution in [0.4, 0.5) is 5.13 Å². The van der Waals surface area contributed by atoms with Crippen molar-refractivity contribution in [1.29, 1.82) is 0 Å². The Bertz CT molecular complexity index is 1110. The van der Waals surface area contributed by atoms with Gasteiger partial charge < -0.3 is 14.8 Å². The molecule has 3 rings (SSSR count). The van der Waals surface area contributed by atoms with Crippen LogP contribution >= 0.6 is 23.1 Å². The molecule has 2 aromatic heterocycles. The van der Waals surface area contributed by atoms with Crippen LogP contribution in [0, 0.1) is 6.92 Å². The Balaban J connectivity index is 1.55. The number of amides is 1. The van der Waals surface area contributed by atoms with Gasteiger partial charge in [-0.1, -0.05) is 36.0 Å². The Kier molecular flexibility index (Phi) is 9.02. The summed E-state index contributed by atoms with van der Waals surface area (Å²) in [5.74, 6) is 0.971. The van der Waals surface area contributed by atoms with Crippen molar-refractivity contribution in [2.24, 2.45) is 0 Å². The number of hydrogen-bond acceptors (Lipinski definition) is 9. The van der Waals surface area contributed by atoms with Gasteiger partial charge in [0.25, 0.3) is 0 Å². The number of carbonyl (C=O) groups excluding carboxylic acids is 2. The lowest BCUT2D eigenvalue weighted by Gasteiger charge is -2.10. The third-order valence-electron chi connectivity index (χ3n) is 4.32. The normalized spacial score (nSPS) is 10.6. The van der Waals surface area contributed by atoms with Crippen LogP contribution in [0.5, 0.6) is 5.75 Å². The molecular formula is C22H25N5O4S2. The second-order valence-corrected chi connectivity index (χ2v) is 8.62. The van der Waals surface area contributed by atoms with Gasteiger partial charge in [-0.15, -0.1) is 28.1 Å². The zero-order chi connectivity index (χ0) is 23.6. The maximum absolute atomic E-state index is 12.4. The predicted octanol–water partition coefficient (Wildman–Crippen LogP) is 3.64. The average molecular weight is 488 g/mol. The molecule has 0 aliphatic heterocycles. The molecular weight excluding hydrogens is 462 g/mol. The molecule has 0 atom stereocenters. The molecule has 9 nitrogen and oxygen atoms in total. The van der Waals surface area contributed by atoms with Gasteiger partial charge in [0.15, 0.2) is 16.1 Å². The summed E-state index contributed by atoms with van der Waals surface area (Å²) in [5, 5.41) is 13.9. The van der Waals surface area contributed by atoms with Crippen LogP contribution in [0.3, 0.4) is 0 Å². The van der Waals surface area contributed by atoms with Crippen LogP contribution in [-0.2, 0) is 33.9 Å². The lowest BCUT2D eigenvalue weighted by molar-refractivity contribution is -0.142. The number of aromatic nitrogens is 4. The highest BCUT2D eigenvalue weighted by Gasteiger charge is 2.16. The SMILES string of the molecule is C=CCn1c(COc2ccccc2C)nnc1SCC(=O)Nc1nc(CC(=O)OCC)cs1. The zero-order valence-electron chi connectivity index (χ0n) is 18.4. The van der Waals surface area contributed by atoms with E-state index in [-0.39, 0.29) is 30.7 Å². The van der Waals surface area contributed by atoms with E-state index in [1.165, 1.54) is 23.1 Å². The standard InChI is InChI=1S/C22H25N5O4S2/c1-4-10-27-18(12-31-17-9-7-6-8-15(17)3)25-26-22(27)33-14-19(28)24-21-23-16(13-32-21)11-20(29)30-5-2/h4,6-9,13H,1,5,10-12,14H2,2-3H3,(H,23,24,28). The molecule has 1 aromatic carbocycles. The summed E-state index contributed by atoms with van der Waals surface area (Å²) in [6, 6.07) is 7.75. The van der Waals surface area contributed by atoms with Gasteiger partial charge in [0.2, 0.25) is 5.91 Å². The predicted molar refractivity (Wildman–Crippen MR) is 128 cm³/mol. The molecule has 0 saturated heterocycles. The lowest BCUT2D eigenvalue weighted by Crippen LogP contribution is -2.15. The summed E-state index contributed by atoms with van der Waals surface area (Å²) < 4.78 is 12.7. The van der Waals surface area contributed by atoms with Gasteiger partial charge in [-0.3, -0.25) is 14.2 Å². The van der Waals surface area contributed by atoms with Gasteiger partial charge in [0.1, 0.15) is 12.4 Å². The number of allylic oxidation sites excluding steroid dienone is 1. The summed E-state index contributed by atoms with van der Waals surface area (Å²) in [6.45, 7) is 8.58. The maximum atomic E-state index is 12.4. The minimum atomic E-state index is -0.347. The molecule has 3 aromatic rings. The highest BCUT2D eigenvalue weighted by atomic mass is 32.2. The van der Waals surface area contributed by atoms with Gasteiger partial charge in [0.05, 0.1) is 24.5 Å². The van der Waals surface area contributed by atoms with Crippen molar-refractivity contribution >= 4 is 40.1 Å². The number of ether oxygens (including phenoxy) is 2. The minimum absolute atomic E-state index is 0.0764. The van der Waals surface area contributed by atoms with E-state index in [1.54, 1.807) is 18.4 Å². The molecule has 0 fully saturated rings. The van der Waals surface area contributed by atoms with Gasteiger partial charge >= 0.3 is 5.97 Å². The first kappa shape index (κ1) is 24.5. The van der Waals surface area contributed by atoms with Gasteiger partial charge in [-0.2, -0.15) is 0 Å². The third-order valence-corrected chi connectivity index (χ3v) is 6.09. The molecule has 0 bridgehead atoms. The number of carbonyl (C=O) groups is 2. The molecule has 1 amide bonds. The van der Waals surface area contributed by atoms with Crippen LogP contribution < -0.4 is 10.1 Å². The van der Waals surface area contributed by atoms with E-state index in [4.69, 9.17) is 9.47 Å². The van der Waals surface area contributed by atoms with Crippen molar-refractivity contribution in [1.82, 2.24) is 19.7 Å². The van der Waals surface area contributed by atoms with Crippen molar-refractivity contribution in [3.63, 3.8) is 0 Å². The molecule has 11 heteroatoms. The number of nitrogens with zero attached hydrogens (tertiary/aromatic N) is 4. The minimum Gasteiger partial charge on any atom is -0.485 e. The van der Waals surface area contributed by atoms with Crippen LogP contribution in [0.1, 0.15) is 24.0 Å². The van der Waals surface area contributed by atoms with Crippen molar-refractivity contribution < 1.29 is 19.1 Å². The van der Waals surface area contributed by atoms with Gasteiger partial charge in [-0.25, -0.2) is 4.98 Å². The lowest BCUT2D eigenvalue weighted by atomic mass is 10.2. The number of para-hydroxylation sites is 1. The highest BCUT2D eigenvalue weighted by Crippen LogP contribution is 2.22. The summed E-state index contributed by atoms with van der Waals surface area (Å²) >= 11 is 2.52. The fraction of sp³-hybridized carbons (Fsp3) is 0.318. The molecule has 174 valence electrons. The Labute approximate surface area is 200 Å². The second kappa shape index (κ2) is 12.2. The number of thioether (sulfide) groups is 1. The first-order chi connectivity index (χ1) is 16.0. The van der Waals surface area contributed by atoms with E-state index < -0.39 is 0 Å². The smallest absolute Gasteiger partial charge is 0.311 e. The van der Waals surface area contributed by atoms with Gasteiger partial charge in [-0.05, 0) is 25.5 Å². The second-order valence-electron chi connectivity index (χ2n) is 6.81. The van der Waals surface area contributed by atoms with Crippen LogP contribution in [0.2, 0.25) is 0 Å². The number of nitrogens with one attached hydrogen (secondary N) is 1. The summed E-state index contributed by atoms with van der Waals surface area (Å²) in [4.78, 5) is 28.2. The van der Waals surface area contributed by atoms with E-state index in [2.05, 4.69) is 27.1 Å². The Morgan fingerprint density at radius 1 is 1.30 bits per heavy atom. The van der Waals surface area contributed by atoms with E-state index in [0.717, 1.165) is 11.3 Å². The number of hydrogen-bond donors (Lipinski definition) is 1. The Morgan fingerprint density at radius 2 is 2.12 bits per heavy atom. The first-order valence-electron chi connectivity index (χ1n) is 10.2. The number of aryl methyl sites for hydroxylation is 1. The van der Waals surface area contributed by atoms with E-state index >= 15 is 0 Å². The van der Waals surface area contributed by atoms with Crippen LogP contribution in [0.25, 0.3) is 0 Å². The van der Waals surface area contributed by atoms with Crippen molar-refractivity contribution in [3.05, 3.63) is 59.4 Å². The highest BCUT2D eigenvalue weighted by molar-refractivity contribution is 7.99. The Morgan fingerprint density at radius 3 is 2.88 bits per heavy atom. The summed E-state index contributed by atoms with van der Waals surface area (Å²) in [7, 11) is 0. The van der Waals surface area contributed by atoms with E-state index in [1.807, 2.05) is 35.8 Å². The molecule has 0 spiro atoms. The Hall–Kier alpha value is -3.18. The van der Waals surface area contributed by atoms with Crippen LogP contribution in [-0.4, -0.2) is 44.0 Å². The number of thiazole rings is 1. The van der Waals surface area contributed by atoms with E-state index in [9.17, 15) is 9.59 Å². The van der Waals surface area contributed by atoms with Crippen LogP contribution in [0.15, 0.2) is 47.5 Å². The molecule has 0 saturated carbocycles. The average Bonchev–Trinajstić information content (AvgIpc) is 3.38. The summed E-state index contributed by atoms with van der Waals surface area (Å²) in [5.41, 5.74) is 1.59. The fourth-order valence-electron chi connectivity index (χ4n) is 2.80. The van der Waals surface area contributed by atoms with Crippen molar-refractivity contribution in [2.75, 3.05) is 17.7 Å². The zero-order valence-corrected chi connectivity index (χ0v) is 20.1. The monoisotopic (exact) mass is 487 g/mol. The van der Waals surface area contributed by atoms with Crippen molar-refractivity contribution in [2.45, 2.75) is 38.6 Å². The molecule has 1 N–H and O–H groups in total. The molecule has 0 aliphatic carbocycles. The topological polar surface area (TPSA) is 108 Å². The molecule has 0 radical (unpaired) electrons. The number of esters is 1. The number of rotatable bonds is 12. The summed E-state index contributed by atoms with van der Waals surface area (Å²) in [6.07, 6.45) is 1.82. The largest absolute Gasteiger partial charge is 0.485 e. The number of benzene rings is 1. The first-order valence-corrected chi connectivity index (χ1v) is 12.1. The third kappa shape index (κ3) is 7.16. The van der Waals surface area contributed by atoms with Gasteiger partial charge in [0, 0.05) is 11.9 Å². The van der Waals surface area contributed by atoms with Crippen molar-refractivity contribution in [3.8, 4) is 5.75 Å². The molecule has 33 heavy (non-hydrogen) atoms. The maximum Gasteiger partial charge on any atom is 0.311 e. The molecule has 2 heterocycles.